The average molecular weight is 234 g/mol. The van der Waals surface area contributed by atoms with Crippen LogP contribution in [0.25, 0.3) is 0 Å². The summed E-state index contributed by atoms with van der Waals surface area (Å²) >= 11 is 5.74. The Kier molecular flexibility index (Phi) is 3.60. The number of hydrogen-bond acceptors (Lipinski definition) is 3. The van der Waals surface area contributed by atoms with E-state index in [1.54, 1.807) is 13.8 Å². The molecule has 1 amide bonds. The Morgan fingerprint density at radius 1 is 1.53 bits per heavy atom. The molecule has 1 aliphatic heterocycles. The maximum Gasteiger partial charge on any atom is 0.331 e. The van der Waals surface area contributed by atoms with Gasteiger partial charge in [-0.15, -0.1) is 11.6 Å². The number of nitrogens with zero attached hydrogens (tertiary/aromatic N) is 1. The van der Waals surface area contributed by atoms with E-state index in [0.29, 0.717) is 13.0 Å². The third kappa shape index (κ3) is 2.09. The van der Waals surface area contributed by atoms with Crippen molar-refractivity contribution in [1.82, 2.24) is 4.90 Å². The molecule has 1 rings (SSSR count). The fraction of sp³-hybridized carbons (Fsp3) is 0.800. The van der Waals surface area contributed by atoms with Gasteiger partial charge in [0.1, 0.15) is 10.9 Å². The van der Waals surface area contributed by atoms with Gasteiger partial charge in [-0.2, -0.15) is 0 Å². The summed E-state index contributed by atoms with van der Waals surface area (Å²) in [5.41, 5.74) is -0.838. The number of carbonyl (C=O) groups excluding carboxylic acids is 2. The van der Waals surface area contributed by atoms with Gasteiger partial charge in [0.15, 0.2) is 0 Å². The first-order chi connectivity index (χ1) is 6.93. The van der Waals surface area contributed by atoms with Crippen molar-refractivity contribution in [3.63, 3.8) is 0 Å². The molecule has 0 aromatic rings. The number of halogens is 1. The molecule has 0 aliphatic carbocycles. The van der Waals surface area contributed by atoms with Crippen molar-refractivity contribution < 1.29 is 14.3 Å². The lowest BCUT2D eigenvalue weighted by molar-refractivity contribution is -0.157. The zero-order chi connectivity index (χ0) is 11.6. The van der Waals surface area contributed by atoms with E-state index >= 15 is 0 Å². The summed E-state index contributed by atoms with van der Waals surface area (Å²) in [6.45, 7) is 3.91. The van der Waals surface area contributed by atoms with Gasteiger partial charge in [-0.3, -0.25) is 4.79 Å². The number of amides is 1. The van der Waals surface area contributed by atoms with Crippen LogP contribution in [-0.2, 0) is 14.3 Å². The normalized spacial score (nSPS) is 27.6. The summed E-state index contributed by atoms with van der Waals surface area (Å²) in [4.78, 5) is 24.9. The van der Waals surface area contributed by atoms with Gasteiger partial charge >= 0.3 is 5.97 Å². The van der Waals surface area contributed by atoms with Gasteiger partial charge in [0.2, 0.25) is 5.91 Å². The highest BCUT2D eigenvalue weighted by Crippen LogP contribution is 2.31. The minimum Gasteiger partial charge on any atom is -0.467 e. The predicted octanol–water partition coefficient (Wildman–Crippen LogP) is 1.17. The lowest BCUT2D eigenvalue weighted by atomic mass is 9.99. The van der Waals surface area contributed by atoms with Crippen molar-refractivity contribution >= 4 is 23.5 Å². The van der Waals surface area contributed by atoms with Gasteiger partial charge in [-0.25, -0.2) is 4.79 Å². The van der Waals surface area contributed by atoms with Crippen LogP contribution < -0.4 is 0 Å². The summed E-state index contributed by atoms with van der Waals surface area (Å²) in [6.07, 6.45) is 1.44. The smallest absolute Gasteiger partial charge is 0.331 e. The van der Waals surface area contributed by atoms with Crippen LogP contribution in [0, 0.1) is 0 Å². The van der Waals surface area contributed by atoms with Crippen LogP contribution in [0.5, 0.6) is 0 Å². The first-order valence-electron chi connectivity index (χ1n) is 4.97. The van der Waals surface area contributed by atoms with Gasteiger partial charge in [-0.05, 0) is 26.7 Å². The van der Waals surface area contributed by atoms with Crippen molar-refractivity contribution in [2.45, 2.75) is 37.6 Å². The molecule has 0 spiro atoms. The lowest BCUT2D eigenvalue weighted by Gasteiger charge is -2.33. The van der Waals surface area contributed by atoms with Crippen LogP contribution in [0.1, 0.15) is 26.7 Å². The second kappa shape index (κ2) is 4.39. The average Bonchev–Trinajstić information content (AvgIpc) is 2.59. The summed E-state index contributed by atoms with van der Waals surface area (Å²) in [7, 11) is 1.33. The van der Waals surface area contributed by atoms with E-state index in [4.69, 9.17) is 16.3 Å². The molecule has 0 aromatic heterocycles. The third-order valence-electron chi connectivity index (χ3n) is 2.87. The maximum absolute atomic E-state index is 11.8. The van der Waals surface area contributed by atoms with Crippen LogP contribution >= 0.6 is 11.6 Å². The van der Waals surface area contributed by atoms with Crippen molar-refractivity contribution in [3.05, 3.63) is 0 Å². The van der Waals surface area contributed by atoms with E-state index in [-0.39, 0.29) is 11.9 Å². The number of ether oxygens (including phenoxy) is 1. The van der Waals surface area contributed by atoms with Crippen LogP contribution in [0.4, 0.5) is 0 Å². The minimum atomic E-state index is -0.838. The van der Waals surface area contributed by atoms with Gasteiger partial charge in [0.05, 0.1) is 7.11 Å². The first-order valence-corrected chi connectivity index (χ1v) is 5.41. The fourth-order valence-corrected chi connectivity index (χ4v) is 2.08. The molecule has 1 saturated heterocycles. The molecule has 0 unspecified atom stereocenters. The van der Waals surface area contributed by atoms with Gasteiger partial charge in [0.25, 0.3) is 0 Å². The molecule has 1 aliphatic rings. The Morgan fingerprint density at radius 3 is 2.60 bits per heavy atom. The zero-order valence-corrected chi connectivity index (χ0v) is 10.0. The van der Waals surface area contributed by atoms with E-state index < -0.39 is 10.9 Å². The molecule has 0 radical (unpaired) electrons. The molecule has 15 heavy (non-hydrogen) atoms. The molecule has 0 N–H and O–H groups in total. The highest BCUT2D eigenvalue weighted by atomic mass is 35.5. The second-order valence-electron chi connectivity index (χ2n) is 3.97. The number of carbonyl (C=O) groups is 2. The Morgan fingerprint density at radius 2 is 2.13 bits per heavy atom. The monoisotopic (exact) mass is 233 g/mol. The molecule has 2 atom stereocenters. The zero-order valence-electron chi connectivity index (χ0n) is 9.25. The van der Waals surface area contributed by atoms with Gasteiger partial charge in [0, 0.05) is 6.54 Å². The van der Waals surface area contributed by atoms with Crippen LogP contribution in [-0.4, -0.2) is 41.3 Å². The van der Waals surface area contributed by atoms with Crippen LogP contribution in [0.15, 0.2) is 0 Å². The van der Waals surface area contributed by atoms with E-state index in [1.807, 2.05) is 0 Å². The van der Waals surface area contributed by atoms with E-state index in [0.717, 1.165) is 6.42 Å². The van der Waals surface area contributed by atoms with Crippen molar-refractivity contribution in [2.24, 2.45) is 0 Å². The predicted molar refractivity (Wildman–Crippen MR) is 56.7 cm³/mol. The van der Waals surface area contributed by atoms with Crippen molar-refractivity contribution in [1.29, 1.82) is 0 Å². The van der Waals surface area contributed by atoms with Gasteiger partial charge in [-0.1, -0.05) is 0 Å². The molecule has 0 bridgehead atoms. The Labute approximate surface area is 94.5 Å². The highest BCUT2D eigenvalue weighted by molar-refractivity contribution is 6.30. The van der Waals surface area contributed by atoms with Crippen molar-refractivity contribution in [2.75, 3.05) is 13.7 Å². The van der Waals surface area contributed by atoms with Gasteiger partial charge < -0.3 is 9.64 Å². The quantitative estimate of drug-likeness (QED) is 0.531. The number of rotatable bonds is 2. The number of methoxy groups -OCH3 is 1. The number of esters is 1. The number of likely N-dealkylation sites (tertiary alicyclic amines) is 1. The third-order valence-corrected chi connectivity index (χ3v) is 3.06. The SMILES string of the molecule is COC(=O)[C@]1(C)CCCN1C(=O)[C@H](C)Cl. The Hall–Kier alpha value is -0.770. The molecule has 1 heterocycles. The molecule has 4 nitrogen and oxygen atoms in total. The van der Waals surface area contributed by atoms with E-state index in [2.05, 4.69) is 0 Å². The highest BCUT2D eigenvalue weighted by Gasteiger charge is 2.47. The molecule has 0 saturated carbocycles. The Balaban J connectivity index is 2.89. The number of alkyl halides is 1. The number of hydrogen-bond donors (Lipinski definition) is 0. The largest absolute Gasteiger partial charge is 0.467 e. The molecular formula is C10H16ClNO3. The van der Waals surface area contributed by atoms with Crippen LogP contribution in [0.3, 0.4) is 0 Å². The summed E-state index contributed by atoms with van der Waals surface area (Å²) in [5, 5.41) is -0.605. The minimum absolute atomic E-state index is 0.206. The Bertz CT molecular complexity index is 280. The first kappa shape index (κ1) is 12.3. The maximum atomic E-state index is 11.8. The molecular weight excluding hydrogens is 218 g/mol. The van der Waals surface area contributed by atoms with Crippen molar-refractivity contribution in [3.8, 4) is 0 Å². The topological polar surface area (TPSA) is 46.6 Å². The standard InChI is InChI=1S/C10H16ClNO3/c1-7(11)8(13)12-6-4-5-10(12,2)9(14)15-3/h7H,4-6H2,1-3H3/t7-,10-/m0/s1. The summed E-state index contributed by atoms with van der Waals surface area (Å²) < 4.78 is 4.72. The summed E-state index contributed by atoms with van der Waals surface area (Å²) in [5.74, 6) is -0.576. The molecule has 0 aromatic carbocycles. The van der Waals surface area contributed by atoms with Crippen LogP contribution in [0.2, 0.25) is 0 Å². The molecule has 5 heteroatoms. The van der Waals surface area contributed by atoms with E-state index in [1.165, 1.54) is 12.0 Å². The summed E-state index contributed by atoms with van der Waals surface area (Å²) in [6, 6.07) is 0. The fourth-order valence-electron chi connectivity index (χ4n) is 1.96. The van der Waals surface area contributed by atoms with E-state index in [9.17, 15) is 9.59 Å². The lowest BCUT2D eigenvalue weighted by Crippen LogP contribution is -2.53. The molecule has 86 valence electrons. The molecule has 1 fully saturated rings. The second-order valence-corrected chi connectivity index (χ2v) is 4.63.